The summed E-state index contributed by atoms with van der Waals surface area (Å²) in [6.07, 6.45) is 71.7. The summed E-state index contributed by atoms with van der Waals surface area (Å²) in [6, 6.07) is 5.58. The first-order valence-corrected chi connectivity index (χ1v) is 32.3. The Labute approximate surface area is 410 Å². The zero-order chi connectivity index (χ0) is 44.1. The van der Waals surface area contributed by atoms with Crippen molar-refractivity contribution in [3.63, 3.8) is 0 Å². The maximum Gasteiger partial charge on any atom is 0.0101 e. The molecule has 11 saturated carbocycles. The molecule has 11 aliphatic carbocycles. The van der Waals surface area contributed by atoms with Gasteiger partial charge in [0.25, 0.3) is 0 Å². The zero-order valence-corrected chi connectivity index (χ0v) is 43.8. The molecule has 0 bridgehead atoms. The van der Waals surface area contributed by atoms with Crippen molar-refractivity contribution in [1.29, 1.82) is 0 Å². The molecule has 2 nitrogen and oxygen atoms in total. The maximum absolute atomic E-state index is 3.26. The summed E-state index contributed by atoms with van der Waals surface area (Å²) in [7, 11) is 0. The molecule has 0 heterocycles. The Morgan fingerprint density at radius 3 is 0.591 bits per heavy atom. The molecule has 11 aliphatic rings. The van der Waals surface area contributed by atoms with Crippen molar-refractivity contribution in [2.75, 3.05) is 0 Å². The van der Waals surface area contributed by atoms with Gasteiger partial charge in [-0.3, -0.25) is 9.80 Å². The Morgan fingerprint density at radius 2 is 0.333 bits per heavy atom. The van der Waals surface area contributed by atoms with Crippen molar-refractivity contribution in [3.05, 3.63) is 0 Å². The van der Waals surface area contributed by atoms with Gasteiger partial charge in [0.2, 0.25) is 0 Å². The van der Waals surface area contributed by atoms with Gasteiger partial charge in [0, 0.05) is 36.3 Å². The Balaban J connectivity index is 0.687. The molecular weight excluding hydrogens is 797 g/mol. The molecule has 66 heavy (non-hydrogen) atoms. The second-order valence-corrected chi connectivity index (χ2v) is 27.6. The van der Waals surface area contributed by atoms with E-state index in [0.29, 0.717) is 0 Å². The molecular formula is C64H110N2. The molecule has 0 spiro atoms. The first kappa shape index (κ1) is 48.2. The second kappa shape index (κ2) is 23.6. The molecule has 4 atom stereocenters. The van der Waals surface area contributed by atoms with E-state index in [1.54, 1.807) is 154 Å². The fourth-order valence-electron chi connectivity index (χ4n) is 21.7. The van der Waals surface area contributed by atoms with E-state index in [9.17, 15) is 0 Å². The van der Waals surface area contributed by atoms with Crippen LogP contribution in [0.5, 0.6) is 0 Å². The smallest absolute Gasteiger partial charge is 0.0101 e. The third-order valence-corrected chi connectivity index (χ3v) is 24.6. The summed E-state index contributed by atoms with van der Waals surface area (Å²) in [5.74, 6) is 13.2. The first-order valence-electron chi connectivity index (χ1n) is 32.3. The summed E-state index contributed by atoms with van der Waals surface area (Å²) >= 11 is 0. The molecule has 0 aliphatic heterocycles. The Morgan fingerprint density at radius 1 is 0.152 bits per heavy atom. The lowest BCUT2D eigenvalue weighted by Gasteiger charge is -2.60. The largest absolute Gasteiger partial charge is 0.294 e. The minimum Gasteiger partial charge on any atom is -0.294 e. The standard InChI is InChI=1S/C64H110N2/c1-2-8-20-53(19-7-1)65(55-23-11-5-12-24-55)57-43-39-49(40-44-57)47-31-35-51(36-32-47)63-59-27-15-17-29-61(59)64(62-30-18-16-28-60(62)63)52-37-33-48(34-38-52)50-41-45-58(46-42-50)66(56-25-13-6-14-26-56)54-21-9-3-4-10-22-54/h47-64H,1-46H2. The van der Waals surface area contributed by atoms with Crippen LogP contribution in [-0.2, 0) is 0 Å². The van der Waals surface area contributed by atoms with Crippen LogP contribution in [0.25, 0.3) is 0 Å². The molecule has 0 aromatic carbocycles. The monoisotopic (exact) mass is 907 g/mol. The van der Waals surface area contributed by atoms with Gasteiger partial charge in [-0.15, -0.1) is 0 Å². The average Bonchev–Trinajstić information content (AvgIpc) is 3.83. The van der Waals surface area contributed by atoms with Gasteiger partial charge in [-0.1, -0.05) is 116 Å². The maximum atomic E-state index is 3.26. The third kappa shape index (κ3) is 11.0. The van der Waals surface area contributed by atoms with Crippen LogP contribution in [0.3, 0.4) is 0 Å². The van der Waals surface area contributed by atoms with Crippen molar-refractivity contribution in [2.45, 2.75) is 332 Å². The van der Waals surface area contributed by atoms with Gasteiger partial charge in [-0.2, -0.15) is 0 Å². The fraction of sp³-hybridized carbons (Fsp3) is 1.00. The van der Waals surface area contributed by atoms with Gasteiger partial charge in [0.1, 0.15) is 0 Å². The van der Waals surface area contributed by atoms with Crippen molar-refractivity contribution in [3.8, 4) is 0 Å². The fourth-order valence-corrected chi connectivity index (χ4v) is 21.7. The highest BCUT2D eigenvalue weighted by molar-refractivity contribution is 5.05. The van der Waals surface area contributed by atoms with Crippen molar-refractivity contribution in [2.24, 2.45) is 71.0 Å². The lowest BCUT2D eigenvalue weighted by molar-refractivity contribution is -0.116. The highest BCUT2D eigenvalue weighted by Gasteiger charge is 2.55. The topological polar surface area (TPSA) is 6.48 Å². The van der Waals surface area contributed by atoms with Crippen LogP contribution < -0.4 is 0 Å². The van der Waals surface area contributed by atoms with Crippen LogP contribution in [-0.4, -0.2) is 46.1 Å². The van der Waals surface area contributed by atoms with Crippen molar-refractivity contribution < 1.29 is 0 Å². The second-order valence-electron chi connectivity index (χ2n) is 27.6. The van der Waals surface area contributed by atoms with E-state index in [1.807, 2.05) is 0 Å². The van der Waals surface area contributed by atoms with Crippen LogP contribution >= 0.6 is 0 Å². The van der Waals surface area contributed by atoms with E-state index >= 15 is 0 Å². The van der Waals surface area contributed by atoms with Gasteiger partial charge in [0.05, 0.1) is 0 Å². The van der Waals surface area contributed by atoms with Gasteiger partial charge in [-0.05, 0) is 251 Å². The van der Waals surface area contributed by atoms with Crippen LogP contribution in [0.4, 0.5) is 0 Å². The molecule has 4 unspecified atom stereocenters. The quantitative estimate of drug-likeness (QED) is 0.202. The molecule has 11 rings (SSSR count). The van der Waals surface area contributed by atoms with Gasteiger partial charge >= 0.3 is 0 Å². The molecule has 0 aromatic rings. The molecule has 0 N–H and O–H groups in total. The van der Waals surface area contributed by atoms with E-state index in [2.05, 4.69) is 9.80 Å². The van der Waals surface area contributed by atoms with Gasteiger partial charge in [-0.25, -0.2) is 0 Å². The van der Waals surface area contributed by atoms with E-state index in [0.717, 1.165) is 107 Å². The molecule has 2 heteroatoms. The van der Waals surface area contributed by atoms with E-state index < -0.39 is 0 Å². The summed E-state index contributed by atoms with van der Waals surface area (Å²) in [6.45, 7) is 0. The predicted molar refractivity (Wildman–Crippen MR) is 281 cm³/mol. The van der Waals surface area contributed by atoms with E-state index in [-0.39, 0.29) is 0 Å². The number of nitrogens with zero attached hydrogens (tertiary/aromatic N) is 2. The molecule has 0 saturated heterocycles. The predicted octanol–water partition coefficient (Wildman–Crippen LogP) is 18.3. The van der Waals surface area contributed by atoms with Crippen molar-refractivity contribution >= 4 is 0 Å². The lowest BCUT2D eigenvalue weighted by atomic mass is 9.45. The van der Waals surface area contributed by atoms with Crippen LogP contribution in [0.15, 0.2) is 0 Å². The van der Waals surface area contributed by atoms with Crippen LogP contribution in [0.1, 0.15) is 295 Å². The van der Waals surface area contributed by atoms with Crippen LogP contribution in [0, 0.1) is 71.0 Å². The molecule has 0 amide bonds. The molecule has 0 radical (unpaired) electrons. The zero-order valence-electron chi connectivity index (χ0n) is 43.8. The number of fused-ring (bicyclic) bond motifs is 2. The molecule has 376 valence electrons. The highest BCUT2D eigenvalue weighted by Crippen LogP contribution is 2.63. The highest BCUT2D eigenvalue weighted by atomic mass is 15.2. The summed E-state index contributed by atoms with van der Waals surface area (Å²) < 4.78 is 0. The van der Waals surface area contributed by atoms with E-state index in [1.165, 1.54) is 141 Å². The number of hydrogen-bond donors (Lipinski definition) is 0. The molecule has 0 aromatic heterocycles. The summed E-state index contributed by atoms with van der Waals surface area (Å²) in [4.78, 5) is 6.52. The summed E-state index contributed by atoms with van der Waals surface area (Å²) in [5, 5.41) is 0. The molecule has 11 fully saturated rings. The SMILES string of the molecule is C1CCCC(N(C2CCCCC2)C2CCC(C3CCC(C4C5CCCCC5C(C5CCC(C6CCC(N(C7CCCCCC7)C7CCCCC7)CC6)CC5)C5CCCCC54)CC3)CC2)CC1. The average molecular weight is 908 g/mol. The van der Waals surface area contributed by atoms with Gasteiger partial charge in [0.15, 0.2) is 0 Å². The van der Waals surface area contributed by atoms with Gasteiger partial charge < -0.3 is 0 Å². The minimum atomic E-state index is 0.928. The number of hydrogen-bond acceptors (Lipinski definition) is 2. The van der Waals surface area contributed by atoms with Crippen LogP contribution in [0.2, 0.25) is 0 Å². The Hall–Kier alpha value is -0.0800. The van der Waals surface area contributed by atoms with Crippen molar-refractivity contribution in [1.82, 2.24) is 9.80 Å². The normalized spacial score (nSPS) is 43.7. The number of rotatable bonds is 10. The minimum absolute atomic E-state index is 0.928. The lowest BCUT2D eigenvalue weighted by Crippen LogP contribution is -2.54. The van der Waals surface area contributed by atoms with E-state index in [4.69, 9.17) is 0 Å². The Bertz CT molecular complexity index is 1250. The summed E-state index contributed by atoms with van der Waals surface area (Å²) in [5.41, 5.74) is 0. The Kier molecular flexibility index (Phi) is 17.3. The first-order chi connectivity index (χ1) is 32.8. The third-order valence-electron chi connectivity index (χ3n) is 24.6.